The van der Waals surface area contributed by atoms with Gasteiger partial charge in [0.1, 0.15) is 5.60 Å². The van der Waals surface area contributed by atoms with Crippen molar-refractivity contribution in [1.82, 2.24) is 10.6 Å². The fourth-order valence-corrected chi connectivity index (χ4v) is 1.31. The van der Waals surface area contributed by atoms with Crippen molar-refractivity contribution in [3.8, 4) is 0 Å². The first-order chi connectivity index (χ1) is 7.83. The molecule has 1 rings (SSSR count). The molecule has 0 radical (unpaired) electrons. The van der Waals surface area contributed by atoms with Crippen molar-refractivity contribution in [2.75, 3.05) is 6.61 Å². The topological polar surface area (TPSA) is 76.7 Å². The Hall–Kier alpha value is -1.30. The largest absolute Gasteiger partial charge is 0.444 e. The van der Waals surface area contributed by atoms with Gasteiger partial charge in [-0.3, -0.25) is 4.79 Å². The van der Waals surface area contributed by atoms with Gasteiger partial charge in [-0.15, -0.1) is 0 Å². The number of carbonyl (C=O) groups is 2. The normalized spacial score (nSPS) is 23.6. The molecule has 0 aromatic heterocycles. The zero-order valence-electron chi connectivity index (χ0n) is 10.7. The van der Waals surface area contributed by atoms with E-state index in [-0.39, 0.29) is 5.91 Å². The fraction of sp³-hybridized carbons (Fsp3) is 0.818. The monoisotopic (exact) mass is 244 g/mol. The van der Waals surface area contributed by atoms with E-state index in [9.17, 15) is 9.59 Å². The summed E-state index contributed by atoms with van der Waals surface area (Å²) >= 11 is 0. The van der Waals surface area contributed by atoms with Crippen molar-refractivity contribution in [3.05, 3.63) is 0 Å². The van der Waals surface area contributed by atoms with Crippen LogP contribution in [0.15, 0.2) is 0 Å². The molecule has 0 aromatic carbocycles. The molecular weight excluding hydrogens is 224 g/mol. The molecule has 1 heterocycles. The maximum Gasteiger partial charge on any atom is 0.408 e. The summed E-state index contributed by atoms with van der Waals surface area (Å²) in [4.78, 5) is 22.7. The number of nitrogens with one attached hydrogen (secondary N) is 2. The average molecular weight is 244 g/mol. The van der Waals surface area contributed by atoms with Crippen LogP contribution in [-0.2, 0) is 14.3 Å². The lowest BCUT2D eigenvalue weighted by atomic mass is 10.1. The molecule has 0 unspecified atom stereocenters. The van der Waals surface area contributed by atoms with Crippen LogP contribution in [0.2, 0.25) is 0 Å². The summed E-state index contributed by atoms with van der Waals surface area (Å²) < 4.78 is 10.4. The summed E-state index contributed by atoms with van der Waals surface area (Å²) in [6.45, 7) is 7.80. The Morgan fingerprint density at radius 3 is 2.59 bits per heavy atom. The molecule has 98 valence electrons. The van der Waals surface area contributed by atoms with Gasteiger partial charge in [-0.05, 0) is 27.2 Å². The van der Waals surface area contributed by atoms with Crippen molar-refractivity contribution in [2.24, 2.45) is 0 Å². The molecule has 1 aliphatic heterocycles. The first-order valence-electron chi connectivity index (χ1n) is 5.75. The van der Waals surface area contributed by atoms with Gasteiger partial charge < -0.3 is 20.1 Å². The van der Waals surface area contributed by atoms with Crippen molar-refractivity contribution >= 4 is 12.0 Å². The Kier molecular flexibility index (Phi) is 4.34. The molecule has 0 aromatic rings. The third kappa shape index (κ3) is 4.22. The van der Waals surface area contributed by atoms with Crippen LogP contribution in [0.5, 0.6) is 0 Å². The van der Waals surface area contributed by atoms with E-state index in [1.165, 1.54) is 0 Å². The third-order valence-corrected chi connectivity index (χ3v) is 2.04. The minimum atomic E-state index is -0.656. The van der Waals surface area contributed by atoms with Crippen LogP contribution >= 0.6 is 0 Å². The molecule has 6 heteroatoms. The Morgan fingerprint density at radius 2 is 2.12 bits per heavy atom. The van der Waals surface area contributed by atoms with Crippen LogP contribution in [0.4, 0.5) is 4.79 Å². The molecule has 17 heavy (non-hydrogen) atoms. The average Bonchev–Trinajstić information content (AvgIpc) is 2.18. The van der Waals surface area contributed by atoms with E-state index in [1.807, 2.05) is 6.92 Å². The molecule has 1 fully saturated rings. The lowest BCUT2D eigenvalue weighted by Gasteiger charge is -2.36. The molecule has 1 aliphatic rings. The van der Waals surface area contributed by atoms with Gasteiger partial charge in [-0.1, -0.05) is 6.92 Å². The van der Waals surface area contributed by atoms with Crippen LogP contribution in [0, 0.1) is 0 Å². The van der Waals surface area contributed by atoms with Crippen LogP contribution < -0.4 is 10.6 Å². The van der Waals surface area contributed by atoms with Gasteiger partial charge in [0, 0.05) is 6.61 Å². The Balaban J connectivity index is 2.38. The molecule has 1 saturated heterocycles. The second kappa shape index (κ2) is 5.35. The zero-order valence-corrected chi connectivity index (χ0v) is 10.7. The highest BCUT2D eigenvalue weighted by molar-refractivity contribution is 5.91. The summed E-state index contributed by atoms with van der Waals surface area (Å²) in [5.74, 6) is -0.253. The van der Waals surface area contributed by atoms with E-state index in [2.05, 4.69) is 10.6 Å². The predicted octanol–water partition coefficient (Wildman–Crippen LogP) is 0.762. The number of ether oxygens (including phenoxy) is 2. The third-order valence-electron chi connectivity index (χ3n) is 2.04. The maximum absolute atomic E-state index is 11.5. The fourth-order valence-electron chi connectivity index (χ4n) is 1.31. The molecule has 2 atom stereocenters. The van der Waals surface area contributed by atoms with E-state index < -0.39 is 24.0 Å². The van der Waals surface area contributed by atoms with Crippen LogP contribution in [0.25, 0.3) is 0 Å². The van der Waals surface area contributed by atoms with E-state index in [1.54, 1.807) is 20.8 Å². The van der Waals surface area contributed by atoms with E-state index in [4.69, 9.17) is 9.47 Å². The highest BCUT2D eigenvalue weighted by Gasteiger charge is 2.41. The van der Waals surface area contributed by atoms with Crippen LogP contribution in [0.3, 0.4) is 0 Å². The Morgan fingerprint density at radius 1 is 1.47 bits per heavy atom. The predicted molar refractivity (Wildman–Crippen MR) is 61.3 cm³/mol. The number of amides is 2. The first-order valence-corrected chi connectivity index (χ1v) is 5.75. The summed E-state index contributed by atoms with van der Waals surface area (Å²) in [5, 5.41) is 5.05. The van der Waals surface area contributed by atoms with Gasteiger partial charge in [-0.25, -0.2) is 4.79 Å². The molecule has 6 nitrogen and oxygen atoms in total. The molecule has 2 amide bonds. The smallest absolute Gasteiger partial charge is 0.408 e. The van der Waals surface area contributed by atoms with Gasteiger partial charge in [0.2, 0.25) is 5.91 Å². The highest BCUT2D eigenvalue weighted by Crippen LogP contribution is 2.11. The number of alkyl carbamates (subject to hydrolysis) is 1. The molecule has 0 saturated carbocycles. The highest BCUT2D eigenvalue weighted by atomic mass is 16.6. The summed E-state index contributed by atoms with van der Waals surface area (Å²) in [6, 6.07) is -0.656. The van der Waals surface area contributed by atoms with Crippen molar-refractivity contribution in [1.29, 1.82) is 0 Å². The second-order valence-electron chi connectivity index (χ2n) is 4.92. The standard InChI is InChI=1S/C11H20N2O4/c1-5-6-16-9-7(8(14)13-9)12-10(15)17-11(2,3)4/h7,9H,5-6H2,1-4H3,(H,12,15)(H,13,14)/t7-,9+/m0/s1. The summed E-state index contributed by atoms with van der Waals surface area (Å²) in [5.41, 5.74) is -0.579. The number of carbonyl (C=O) groups excluding carboxylic acids is 2. The van der Waals surface area contributed by atoms with Crippen molar-refractivity contribution in [2.45, 2.75) is 52.0 Å². The number of hydrogen-bond donors (Lipinski definition) is 2. The quantitative estimate of drug-likeness (QED) is 0.716. The number of β-lactam (4-membered cyclic amide) rings is 1. The van der Waals surface area contributed by atoms with Gasteiger partial charge in [0.05, 0.1) is 0 Å². The SMILES string of the molecule is CCCO[C@H]1NC(=O)[C@@H]1NC(=O)OC(C)(C)C. The lowest BCUT2D eigenvalue weighted by molar-refractivity contribution is -0.146. The maximum atomic E-state index is 11.5. The number of hydrogen-bond acceptors (Lipinski definition) is 4. The molecule has 0 bridgehead atoms. The minimum Gasteiger partial charge on any atom is -0.444 e. The van der Waals surface area contributed by atoms with E-state index >= 15 is 0 Å². The lowest BCUT2D eigenvalue weighted by Crippen LogP contribution is -2.70. The Bertz CT molecular complexity index is 298. The van der Waals surface area contributed by atoms with Crippen molar-refractivity contribution in [3.63, 3.8) is 0 Å². The summed E-state index contributed by atoms with van der Waals surface area (Å²) in [6.07, 6.45) is -0.205. The molecule has 0 spiro atoms. The Labute approximate surface area is 101 Å². The number of rotatable bonds is 4. The van der Waals surface area contributed by atoms with Gasteiger partial charge >= 0.3 is 6.09 Å². The molecule has 0 aliphatic carbocycles. The van der Waals surface area contributed by atoms with Gasteiger partial charge in [0.25, 0.3) is 0 Å². The summed E-state index contributed by atoms with van der Waals surface area (Å²) in [7, 11) is 0. The van der Waals surface area contributed by atoms with Crippen molar-refractivity contribution < 1.29 is 19.1 Å². The van der Waals surface area contributed by atoms with Gasteiger partial charge in [0.15, 0.2) is 12.3 Å². The van der Waals surface area contributed by atoms with Crippen LogP contribution in [0.1, 0.15) is 34.1 Å². The van der Waals surface area contributed by atoms with E-state index in [0.29, 0.717) is 6.61 Å². The van der Waals surface area contributed by atoms with Crippen LogP contribution in [-0.4, -0.2) is 36.5 Å². The molecular formula is C11H20N2O4. The zero-order chi connectivity index (χ0) is 13.1. The van der Waals surface area contributed by atoms with E-state index in [0.717, 1.165) is 6.42 Å². The second-order valence-corrected chi connectivity index (χ2v) is 4.92. The molecule has 2 N–H and O–H groups in total. The van der Waals surface area contributed by atoms with Gasteiger partial charge in [-0.2, -0.15) is 0 Å². The minimum absolute atomic E-state index is 0.253. The first kappa shape index (κ1) is 13.8.